The molecule has 0 aliphatic heterocycles. The number of nitrogens with zero attached hydrogens (tertiary/aromatic N) is 2. The van der Waals surface area contributed by atoms with Crippen LogP contribution in [0.2, 0.25) is 0 Å². The molecular weight excluding hydrogens is 306 g/mol. The van der Waals surface area contributed by atoms with Gasteiger partial charge in [0, 0.05) is 18.9 Å². The smallest absolute Gasteiger partial charge is 0.161 e. The van der Waals surface area contributed by atoms with Gasteiger partial charge in [0.2, 0.25) is 0 Å². The summed E-state index contributed by atoms with van der Waals surface area (Å²) >= 11 is 0. The van der Waals surface area contributed by atoms with Crippen LogP contribution in [0.5, 0.6) is 11.5 Å². The van der Waals surface area contributed by atoms with Crippen molar-refractivity contribution in [3.63, 3.8) is 0 Å². The lowest BCUT2D eigenvalue weighted by atomic mass is 10.1. The third-order valence-electron chi connectivity index (χ3n) is 3.56. The zero-order chi connectivity index (χ0) is 17.5. The highest BCUT2D eigenvalue weighted by Crippen LogP contribution is 2.31. The first kappa shape index (κ1) is 18.0. The maximum atomic E-state index is 5.66. The normalized spacial score (nSPS) is 11.9. The van der Waals surface area contributed by atoms with Crippen LogP contribution in [0.3, 0.4) is 0 Å². The highest BCUT2D eigenvalue weighted by atomic mass is 16.5. The van der Waals surface area contributed by atoms with Gasteiger partial charge in [-0.1, -0.05) is 6.07 Å². The fraction of sp³-hybridized carbons (Fsp3) is 0.444. The van der Waals surface area contributed by atoms with Crippen LogP contribution >= 0.6 is 0 Å². The Labute approximate surface area is 143 Å². The molecule has 0 aliphatic carbocycles. The Morgan fingerprint density at radius 1 is 1.04 bits per heavy atom. The standard InChI is InChI=1S/C18H25N3O3/c1-12-10-18(21-14(3)19-12)20-13(2)15-6-7-16(17(11-15)23-5)24-9-8-22-4/h6-7,10-11,13H,8-9H2,1-5H3,(H,19,20,21). The van der Waals surface area contributed by atoms with Crippen molar-refractivity contribution in [2.45, 2.75) is 26.8 Å². The second-order valence-electron chi connectivity index (χ2n) is 5.56. The van der Waals surface area contributed by atoms with Gasteiger partial charge in [-0.15, -0.1) is 0 Å². The molecule has 6 nitrogen and oxygen atoms in total. The van der Waals surface area contributed by atoms with Crippen LogP contribution < -0.4 is 14.8 Å². The SMILES string of the molecule is COCCOc1ccc(C(C)Nc2cc(C)nc(C)n2)cc1OC. The van der Waals surface area contributed by atoms with E-state index in [-0.39, 0.29) is 6.04 Å². The van der Waals surface area contributed by atoms with E-state index in [4.69, 9.17) is 14.2 Å². The highest BCUT2D eigenvalue weighted by molar-refractivity contribution is 5.46. The minimum absolute atomic E-state index is 0.0700. The third-order valence-corrected chi connectivity index (χ3v) is 3.56. The maximum Gasteiger partial charge on any atom is 0.161 e. The molecule has 0 spiro atoms. The Bertz CT molecular complexity index is 656. The summed E-state index contributed by atoms with van der Waals surface area (Å²) in [4.78, 5) is 8.71. The van der Waals surface area contributed by atoms with Gasteiger partial charge in [0.05, 0.1) is 19.8 Å². The zero-order valence-corrected chi connectivity index (χ0v) is 14.9. The summed E-state index contributed by atoms with van der Waals surface area (Å²) in [7, 11) is 3.28. The Morgan fingerprint density at radius 3 is 2.50 bits per heavy atom. The van der Waals surface area contributed by atoms with Gasteiger partial charge in [0.15, 0.2) is 11.5 Å². The number of ether oxygens (including phenoxy) is 3. The number of anilines is 1. The van der Waals surface area contributed by atoms with Crippen LogP contribution in [-0.2, 0) is 4.74 Å². The monoisotopic (exact) mass is 331 g/mol. The lowest BCUT2D eigenvalue weighted by molar-refractivity contribution is 0.144. The average molecular weight is 331 g/mol. The van der Waals surface area contributed by atoms with Crippen molar-refractivity contribution < 1.29 is 14.2 Å². The number of benzene rings is 1. The summed E-state index contributed by atoms with van der Waals surface area (Å²) in [5.74, 6) is 2.97. The van der Waals surface area contributed by atoms with Gasteiger partial charge in [0.25, 0.3) is 0 Å². The molecule has 0 saturated heterocycles. The van der Waals surface area contributed by atoms with Crippen molar-refractivity contribution in [2.24, 2.45) is 0 Å². The molecule has 0 radical (unpaired) electrons. The van der Waals surface area contributed by atoms with Crippen molar-refractivity contribution in [2.75, 3.05) is 32.8 Å². The first-order chi connectivity index (χ1) is 11.5. The predicted octanol–water partition coefficient (Wildman–Crippen LogP) is 3.30. The molecule has 1 N–H and O–H groups in total. The van der Waals surface area contributed by atoms with Crippen LogP contribution in [0, 0.1) is 13.8 Å². The van der Waals surface area contributed by atoms with Crippen LogP contribution in [0.4, 0.5) is 5.82 Å². The fourth-order valence-corrected chi connectivity index (χ4v) is 2.40. The lowest BCUT2D eigenvalue weighted by Gasteiger charge is -2.18. The van der Waals surface area contributed by atoms with Crippen molar-refractivity contribution in [3.8, 4) is 11.5 Å². The molecule has 2 rings (SSSR count). The van der Waals surface area contributed by atoms with Gasteiger partial charge in [-0.3, -0.25) is 0 Å². The van der Waals surface area contributed by atoms with E-state index in [9.17, 15) is 0 Å². The molecular formula is C18H25N3O3. The number of methoxy groups -OCH3 is 2. The Kier molecular flexibility index (Phi) is 6.37. The molecule has 2 aromatic rings. The van der Waals surface area contributed by atoms with E-state index in [0.717, 1.165) is 22.9 Å². The van der Waals surface area contributed by atoms with E-state index >= 15 is 0 Å². The Morgan fingerprint density at radius 2 is 1.83 bits per heavy atom. The predicted molar refractivity (Wildman–Crippen MR) is 93.9 cm³/mol. The molecule has 130 valence electrons. The van der Waals surface area contributed by atoms with E-state index < -0.39 is 0 Å². The van der Waals surface area contributed by atoms with E-state index in [1.807, 2.05) is 38.1 Å². The number of hydrogen-bond acceptors (Lipinski definition) is 6. The molecule has 1 atom stereocenters. The molecule has 1 unspecified atom stereocenters. The van der Waals surface area contributed by atoms with Gasteiger partial charge in [-0.25, -0.2) is 9.97 Å². The molecule has 24 heavy (non-hydrogen) atoms. The topological polar surface area (TPSA) is 65.5 Å². The maximum absolute atomic E-state index is 5.66. The molecule has 1 aromatic carbocycles. The molecule has 1 aromatic heterocycles. The summed E-state index contributed by atoms with van der Waals surface area (Å²) in [6.07, 6.45) is 0. The molecule has 1 heterocycles. The summed E-state index contributed by atoms with van der Waals surface area (Å²) in [5.41, 5.74) is 2.02. The summed E-state index contributed by atoms with van der Waals surface area (Å²) in [5, 5.41) is 3.40. The van der Waals surface area contributed by atoms with Crippen molar-refractivity contribution >= 4 is 5.82 Å². The van der Waals surface area contributed by atoms with E-state index in [1.165, 1.54) is 0 Å². The van der Waals surface area contributed by atoms with Gasteiger partial charge in [-0.2, -0.15) is 0 Å². The third kappa shape index (κ3) is 4.83. The summed E-state index contributed by atoms with van der Waals surface area (Å²) in [6, 6.07) is 7.91. The first-order valence-electron chi connectivity index (χ1n) is 7.92. The van der Waals surface area contributed by atoms with E-state index in [1.54, 1.807) is 14.2 Å². The number of aromatic nitrogens is 2. The summed E-state index contributed by atoms with van der Waals surface area (Å²) in [6.45, 7) is 6.94. The zero-order valence-electron chi connectivity index (χ0n) is 14.9. The Balaban J connectivity index is 2.12. The van der Waals surface area contributed by atoms with Gasteiger partial charge >= 0.3 is 0 Å². The molecule has 0 aliphatic rings. The minimum atomic E-state index is 0.0700. The molecule has 0 amide bonds. The number of rotatable bonds is 8. The first-order valence-corrected chi connectivity index (χ1v) is 7.92. The lowest BCUT2D eigenvalue weighted by Crippen LogP contribution is -2.10. The molecule has 6 heteroatoms. The van der Waals surface area contributed by atoms with Crippen LogP contribution in [-0.4, -0.2) is 37.4 Å². The van der Waals surface area contributed by atoms with Crippen molar-refractivity contribution in [1.29, 1.82) is 0 Å². The van der Waals surface area contributed by atoms with E-state index in [0.29, 0.717) is 24.7 Å². The molecule has 0 bridgehead atoms. The van der Waals surface area contributed by atoms with Crippen molar-refractivity contribution in [1.82, 2.24) is 9.97 Å². The number of nitrogens with one attached hydrogen (secondary N) is 1. The van der Waals surface area contributed by atoms with Crippen molar-refractivity contribution in [3.05, 3.63) is 41.3 Å². The van der Waals surface area contributed by atoms with E-state index in [2.05, 4.69) is 22.2 Å². The molecule has 0 saturated carbocycles. The van der Waals surface area contributed by atoms with Gasteiger partial charge in [-0.05, 0) is 38.5 Å². The summed E-state index contributed by atoms with van der Waals surface area (Å²) < 4.78 is 16.1. The van der Waals surface area contributed by atoms with Crippen LogP contribution in [0.25, 0.3) is 0 Å². The largest absolute Gasteiger partial charge is 0.493 e. The highest BCUT2D eigenvalue weighted by Gasteiger charge is 2.12. The Hall–Kier alpha value is -2.34. The fourth-order valence-electron chi connectivity index (χ4n) is 2.40. The second kappa shape index (κ2) is 8.49. The molecule has 0 fully saturated rings. The average Bonchev–Trinajstić information content (AvgIpc) is 2.54. The number of aryl methyl sites for hydroxylation is 2. The van der Waals surface area contributed by atoms with Gasteiger partial charge in [0.1, 0.15) is 18.2 Å². The second-order valence-corrected chi connectivity index (χ2v) is 5.56. The van der Waals surface area contributed by atoms with Gasteiger partial charge < -0.3 is 19.5 Å². The van der Waals surface area contributed by atoms with Crippen LogP contribution in [0.1, 0.15) is 30.0 Å². The number of hydrogen-bond donors (Lipinski definition) is 1. The quantitative estimate of drug-likeness (QED) is 0.749. The minimum Gasteiger partial charge on any atom is -0.493 e. The van der Waals surface area contributed by atoms with Crippen LogP contribution in [0.15, 0.2) is 24.3 Å².